The SMILES string of the molecule is Cc1ccc(S(=O)(=O)N(CC(=O)N/N=C\c2ccc3c(c2)OCO3)c2ccccc2Cl)cc1. The predicted octanol–water partition coefficient (Wildman–Crippen LogP) is 3.72. The molecule has 3 aromatic carbocycles. The van der Waals surface area contributed by atoms with Crippen LogP contribution in [0.25, 0.3) is 0 Å². The first-order valence-corrected chi connectivity index (χ1v) is 11.7. The van der Waals surface area contributed by atoms with Gasteiger partial charge in [-0.05, 0) is 55.0 Å². The molecule has 0 atom stereocenters. The molecule has 3 aromatic rings. The summed E-state index contributed by atoms with van der Waals surface area (Å²) in [6.45, 7) is 1.49. The average molecular weight is 486 g/mol. The van der Waals surface area contributed by atoms with Crippen LogP contribution in [0, 0.1) is 6.92 Å². The zero-order valence-corrected chi connectivity index (χ0v) is 19.1. The molecule has 1 N–H and O–H groups in total. The van der Waals surface area contributed by atoms with Gasteiger partial charge in [-0.2, -0.15) is 5.10 Å². The van der Waals surface area contributed by atoms with E-state index in [9.17, 15) is 13.2 Å². The number of sulfonamides is 1. The van der Waals surface area contributed by atoms with Crippen molar-refractivity contribution >= 4 is 39.4 Å². The molecule has 33 heavy (non-hydrogen) atoms. The molecule has 1 aliphatic rings. The molecule has 170 valence electrons. The van der Waals surface area contributed by atoms with E-state index in [1.165, 1.54) is 24.4 Å². The van der Waals surface area contributed by atoms with Gasteiger partial charge in [-0.15, -0.1) is 0 Å². The van der Waals surface area contributed by atoms with Crippen LogP contribution in [-0.4, -0.2) is 33.9 Å². The number of amides is 1. The van der Waals surface area contributed by atoms with Crippen molar-refractivity contribution in [3.63, 3.8) is 0 Å². The number of nitrogens with one attached hydrogen (secondary N) is 1. The first-order valence-electron chi connectivity index (χ1n) is 9.90. The third-order valence-corrected chi connectivity index (χ3v) is 6.91. The van der Waals surface area contributed by atoms with Crippen LogP contribution in [0.5, 0.6) is 11.5 Å². The highest BCUT2D eigenvalue weighted by atomic mass is 35.5. The molecular formula is C23H20ClN3O5S. The van der Waals surface area contributed by atoms with Crippen molar-refractivity contribution in [2.45, 2.75) is 11.8 Å². The normalized spacial score (nSPS) is 12.7. The van der Waals surface area contributed by atoms with Gasteiger partial charge in [-0.25, -0.2) is 13.8 Å². The maximum atomic E-state index is 13.4. The molecule has 1 heterocycles. The summed E-state index contributed by atoms with van der Waals surface area (Å²) in [6.07, 6.45) is 1.42. The van der Waals surface area contributed by atoms with Crippen LogP contribution < -0.4 is 19.2 Å². The fourth-order valence-electron chi connectivity index (χ4n) is 3.13. The molecule has 0 aliphatic carbocycles. The molecule has 0 saturated heterocycles. The van der Waals surface area contributed by atoms with Gasteiger partial charge >= 0.3 is 0 Å². The smallest absolute Gasteiger partial charge is 0.264 e. The molecule has 0 radical (unpaired) electrons. The summed E-state index contributed by atoms with van der Waals surface area (Å²) >= 11 is 6.26. The van der Waals surface area contributed by atoms with Gasteiger partial charge in [0.2, 0.25) is 6.79 Å². The summed E-state index contributed by atoms with van der Waals surface area (Å²) < 4.78 is 38.2. The van der Waals surface area contributed by atoms with Crippen LogP contribution in [0.2, 0.25) is 5.02 Å². The van der Waals surface area contributed by atoms with Crippen LogP contribution in [0.1, 0.15) is 11.1 Å². The second-order valence-electron chi connectivity index (χ2n) is 7.18. The highest BCUT2D eigenvalue weighted by molar-refractivity contribution is 7.92. The summed E-state index contributed by atoms with van der Waals surface area (Å²) in [4.78, 5) is 12.7. The number of fused-ring (bicyclic) bond motifs is 1. The molecule has 8 nitrogen and oxygen atoms in total. The van der Waals surface area contributed by atoms with Crippen molar-refractivity contribution in [3.8, 4) is 11.5 Å². The number of hydrazone groups is 1. The van der Waals surface area contributed by atoms with Crippen LogP contribution in [0.15, 0.2) is 76.7 Å². The lowest BCUT2D eigenvalue weighted by molar-refractivity contribution is -0.119. The minimum Gasteiger partial charge on any atom is -0.454 e. The number of halogens is 1. The first-order chi connectivity index (χ1) is 15.8. The maximum Gasteiger partial charge on any atom is 0.264 e. The predicted molar refractivity (Wildman–Crippen MR) is 125 cm³/mol. The summed E-state index contributed by atoms with van der Waals surface area (Å²) in [6, 6.07) is 18.0. The number of aryl methyl sites for hydroxylation is 1. The Morgan fingerprint density at radius 1 is 1.09 bits per heavy atom. The molecule has 0 unspecified atom stereocenters. The quantitative estimate of drug-likeness (QED) is 0.406. The van der Waals surface area contributed by atoms with Gasteiger partial charge in [0.15, 0.2) is 11.5 Å². The molecule has 0 bridgehead atoms. The number of para-hydroxylation sites is 1. The maximum absolute atomic E-state index is 13.4. The van der Waals surface area contributed by atoms with Crippen LogP contribution in [-0.2, 0) is 14.8 Å². The van der Waals surface area contributed by atoms with E-state index in [4.69, 9.17) is 21.1 Å². The van der Waals surface area contributed by atoms with Gasteiger partial charge in [-0.3, -0.25) is 9.10 Å². The second kappa shape index (κ2) is 9.51. The van der Waals surface area contributed by atoms with E-state index in [1.807, 2.05) is 6.92 Å². The molecule has 0 fully saturated rings. The molecule has 10 heteroatoms. The Bertz CT molecular complexity index is 1310. The summed E-state index contributed by atoms with van der Waals surface area (Å²) in [5.74, 6) is 0.579. The monoisotopic (exact) mass is 485 g/mol. The lowest BCUT2D eigenvalue weighted by atomic mass is 10.2. The van der Waals surface area contributed by atoms with Crippen LogP contribution in [0.3, 0.4) is 0 Å². The van der Waals surface area contributed by atoms with Gasteiger partial charge in [-0.1, -0.05) is 41.4 Å². The molecule has 1 aliphatic heterocycles. The summed E-state index contributed by atoms with van der Waals surface area (Å²) in [5, 5.41) is 4.13. The standard InChI is InChI=1S/C23H20ClN3O5S/c1-16-6-9-18(10-7-16)33(29,30)27(20-5-3-2-4-19(20)24)14-23(28)26-25-13-17-8-11-21-22(12-17)32-15-31-21/h2-13H,14-15H2,1H3,(H,26,28)/b25-13-. The Kier molecular flexibility index (Phi) is 6.52. The Balaban J connectivity index is 1.54. The van der Waals surface area contributed by atoms with E-state index in [1.54, 1.807) is 48.5 Å². The molecule has 4 rings (SSSR count). The number of hydrogen-bond acceptors (Lipinski definition) is 6. The molecular weight excluding hydrogens is 466 g/mol. The van der Waals surface area contributed by atoms with Gasteiger partial charge in [0, 0.05) is 0 Å². The van der Waals surface area contributed by atoms with E-state index >= 15 is 0 Å². The lowest BCUT2D eigenvalue weighted by Crippen LogP contribution is -2.39. The topological polar surface area (TPSA) is 97.3 Å². The zero-order chi connectivity index (χ0) is 23.4. The first kappa shape index (κ1) is 22.6. The van der Waals surface area contributed by atoms with Crippen molar-refractivity contribution in [2.24, 2.45) is 5.10 Å². The Morgan fingerprint density at radius 2 is 1.82 bits per heavy atom. The van der Waals surface area contributed by atoms with Crippen LogP contribution in [0.4, 0.5) is 5.69 Å². The molecule has 0 spiro atoms. The Labute approximate surface area is 196 Å². The minimum atomic E-state index is -4.07. The number of anilines is 1. The largest absolute Gasteiger partial charge is 0.454 e. The molecule has 0 saturated carbocycles. The van der Waals surface area contributed by atoms with Crippen molar-refractivity contribution < 1.29 is 22.7 Å². The number of ether oxygens (including phenoxy) is 2. The third-order valence-electron chi connectivity index (χ3n) is 4.82. The van der Waals surface area contributed by atoms with Crippen molar-refractivity contribution in [1.29, 1.82) is 0 Å². The van der Waals surface area contributed by atoms with E-state index < -0.39 is 22.5 Å². The van der Waals surface area contributed by atoms with E-state index in [2.05, 4.69) is 10.5 Å². The molecule has 0 aromatic heterocycles. The van der Waals surface area contributed by atoms with E-state index in [0.29, 0.717) is 17.1 Å². The van der Waals surface area contributed by atoms with Crippen molar-refractivity contribution in [3.05, 3.63) is 82.9 Å². The number of benzene rings is 3. The highest BCUT2D eigenvalue weighted by Crippen LogP contribution is 2.32. The number of nitrogens with zero attached hydrogens (tertiary/aromatic N) is 2. The fourth-order valence-corrected chi connectivity index (χ4v) is 4.86. The van der Waals surface area contributed by atoms with Crippen LogP contribution >= 0.6 is 11.6 Å². The number of hydrogen-bond donors (Lipinski definition) is 1. The highest BCUT2D eigenvalue weighted by Gasteiger charge is 2.28. The van der Waals surface area contributed by atoms with Crippen molar-refractivity contribution in [1.82, 2.24) is 5.43 Å². The lowest BCUT2D eigenvalue weighted by Gasteiger charge is -2.24. The summed E-state index contributed by atoms with van der Waals surface area (Å²) in [7, 11) is -4.07. The summed E-state index contributed by atoms with van der Waals surface area (Å²) in [5.41, 5.74) is 4.14. The Hall–Kier alpha value is -3.56. The van der Waals surface area contributed by atoms with Gasteiger partial charge in [0.05, 0.1) is 21.8 Å². The fraction of sp³-hybridized carbons (Fsp3) is 0.130. The average Bonchev–Trinajstić information content (AvgIpc) is 3.26. The van der Waals surface area contributed by atoms with E-state index in [-0.39, 0.29) is 22.4 Å². The van der Waals surface area contributed by atoms with E-state index in [0.717, 1.165) is 9.87 Å². The van der Waals surface area contributed by atoms with Gasteiger partial charge in [0.25, 0.3) is 15.9 Å². The number of carbonyl (C=O) groups is 1. The zero-order valence-electron chi connectivity index (χ0n) is 17.6. The third kappa shape index (κ3) is 5.10. The minimum absolute atomic E-state index is 0.0460. The second-order valence-corrected chi connectivity index (χ2v) is 9.45. The molecule has 1 amide bonds. The number of rotatable bonds is 7. The van der Waals surface area contributed by atoms with Gasteiger partial charge < -0.3 is 9.47 Å². The number of carbonyl (C=O) groups excluding carboxylic acids is 1. The van der Waals surface area contributed by atoms with Gasteiger partial charge in [0.1, 0.15) is 6.54 Å². The van der Waals surface area contributed by atoms with Crippen molar-refractivity contribution in [2.75, 3.05) is 17.6 Å². The Morgan fingerprint density at radius 3 is 2.58 bits per heavy atom.